The highest BCUT2D eigenvalue weighted by Crippen LogP contribution is 2.30. The van der Waals surface area contributed by atoms with Crippen molar-refractivity contribution in [1.29, 1.82) is 0 Å². The molecule has 0 aliphatic heterocycles. The molecule has 0 saturated carbocycles. The van der Waals surface area contributed by atoms with Crippen molar-refractivity contribution in [3.05, 3.63) is 63.7 Å². The number of nitrogens with zero attached hydrogens (tertiary/aromatic N) is 3. The Morgan fingerprint density at radius 1 is 1.19 bits per heavy atom. The fourth-order valence-corrected chi connectivity index (χ4v) is 3.97. The molecule has 4 aromatic rings. The van der Waals surface area contributed by atoms with E-state index in [0.29, 0.717) is 20.9 Å². The normalized spacial score (nSPS) is 11.0. The summed E-state index contributed by atoms with van der Waals surface area (Å²) in [5.41, 5.74) is 1.09. The number of hydrogen-bond acceptors (Lipinski definition) is 6. The van der Waals surface area contributed by atoms with E-state index in [1.807, 2.05) is 5.38 Å². The third-order valence-electron chi connectivity index (χ3n) is 3.71. The van der Waals surface area contributed by atoms with Gasteiger partial charge in [0.1, 0.15) is 17.2 Å². The van der Waals surface area contributed by atoms with E-state index in [1.54, 1.807) is 23.7 Å². The van der Waals surface area contributed by atoms with Gasteiger partial charge in [0.15, 0.2) is 5.13 Å². The van der Waals surface area contributed by atoms with Crippen molar-refractivity contribution in [2.24, 2.45) is 0 Å². The highest BCUT2D eigenvalue weighted by Gasteiger charge is 2.15. The summed E-state index contributed by atoms with van der Waals surface area (Å²) in [5.74, 6) is -0.704. The maximum absolute atomic E-state index is 13.2. The molecule has 0 aliphatic rings. The average Bonchev–Trinajstić information content (AvgIpc) is 3.28. The van der Waals surface area contributed by atoms with Gasteiger partial charge in [0.25, 0.3) is 5.56 Å². The second-order valence-electron chi connectivity index (χ2n) is 5.40. The first-order chi connectivity index (χ1) is 12.6. The number of thiazole rings is 1. The summed E-state index contributed by atoms with van der Waals surface area (Å²) in [6.45, 7) is -0.167. The smallest absolute Gasteiger partial charge is 0.263 e. The molecule has 0 aliphatic carbocycles. The summed E-state index contributed by atoms with van der Waals surface area (Å²) in [7, 11) is 0. The number of hydrogen-bond donors (Lipinski definition) is 1. The van der Waals surface area contributed by atoms with E-state index >= 15 is 0 Å². The van der Waals surface area contributed by atoms with Gasteiger partial charge in [-0.1, -0.05) is 12.1 Å². The van der Waals surface area contributed by atoms with Crippen LogP contribution in [0.1, 0.15) is 0 Å². The number of thiophene rings is 1. The predicted octanol–water partition coefficient (Wildman–Crippen LogP) is 3.36. The molecule has 3 aromatic heterocycles. The number of carbonyl (C=O) groups is 1. The molecule has 1 N–H and O–H groups in total. The Kier molecular flexibility index (Phi) is 4.31. The third kappa shape index (κ3) is 3.14. The molecule has 0 radical (unpaired) electrons. The van der Waals surface area contributed by atoms with Crippen molar-refractivity contribution in [2.75, 3.05) is 5.32 Å². The highest BCUT2D eigenvalue weighted by molar-refractivity contribution is 7.17. The largest absolute Gasteiger partial charge is 0.300 e. The number of rotatable bonds is 4. The highest BCUT2D eigenvalue weighted by atomic mass is 32.1. The molecule has 130 valence electrons. The van der Waals surface area contributed by atoms with Crippen LogP contribution in [-0.2, 0) is 11.3 Å². The van der Waals surface area contributed by atoms with Crippen LogP contribution in [0.5, 0.6) is 0 Å². The molecule has 0 spiro atoms. The van der Waals surface area contributed by atoms with Crippen LogP contribution in [0.2, 0.25) is 0 Å². The lowest BCUT2D eigenvalue weighted by Crippen LogP contribution is -2.27. The van der Waals surface area contributed by atoms with Gasteiger partial charge in [-0.05, 0) is 17.7 Å². The minimum atomic E-state index is -0.359. The Labute approximate surface area is 154 Å². The Morgan fingerprint density at radius 2 is 2.00 bits per heavy atom. The minimum absolute atomic E-state index is 0.167. The van der Waals surface area contributed by atoms with E-state index in [2.05, 4.69) is 15.3 Å². The summed E-state index contributed by atoms with van der Waals surface area (Å²) >= 11 is 2.63. The van der Waals surface area contributed by atoms with Crippen LogP contribution in [0.4, 0.5) is 9.52 Å². The van der Waals surface area contributed by atoms with Gasteiger partial charge >= 0.3 is 0 Å². The van der Waals surface area contributed by atoms with E-state index in [4.69, 9.17) is 0 Å². The van der Waals surface area contributed by atoms with Crippen molar-refractivity contribution in [1.82, 2.24) is 14.5 Å². The molecule has 1 amide bonds. The van der Waals surface area contributed by atoms with Crippen LogP contribution >= 0.6 is 22.7 Å². The number of aromatic nitrogens is 3. The number of amides is 1. The third-order valence-corrected chi connectivity index (χ3v) is 5.28. The second-order valence-corrected chi connectivity index (χ2v) is 7.15. The van der Waals surface area contributed by atoms with Gasteiger partial charge in [-0.15, -0.1) is 22.7 Å². The first-order valence-electron chi connectivity index (χ1n) is 7.54. The molecule has 0 saturated heterocycles. The van der Waals surface area contributed by atoms with Crippen LogP contribution in [0.25, 0.3) is 21.3 Å². The minimum Gasteiger partial charge on any atom is -0.300 e. The summed E-state index contributed by atoms with van der Waals surface area (Å²) in [4.78, 5) is 33.8. The molecule has 26 heavy (non-hydrogen) atoms. The Bertz CT molecular complexity index is 1130. The quantitative estimate of drug-likeness (QED) is 0.583. The fourth-order valence-electron chi connectivity index (χ4n) is 2.52. The van der Waals surface area contributed by atoms with Gasteiger partial charge in [0, 0.05) is 22.5 Å². The lowest BCUT2D eigenvalue weighted by molar-refractivity contribution is -0.116. The van der Waals surface area contributed by atoms with Gasteiger partial charge in [-0.25, -0.2) is 14.4 Å². The molecule has 4 rings (SSSR count). The van der Waals surface area contributed by atoms with E-state index in [-0.39, 0.29) is 23.8 Å². The van der Waals surface area contributed by atoms with Crippen molar-refractivity contribution in [3.8, 4) is 11.1 Å². The van der Waals surface area contributed by atoms with Crippen molar-refractivity contribution >= 4 is 43.9 Å². The molecule has 0 fully saturated rings. The fraction of sp³-hybridized carbons (Fsp3) is 0.0588. The van der Waals surface area contributed by atoms with Gasteiger partial charge < -0.3 is 5.32 Å². The second kappa shape index (κ2) is 6.77. The monoisotopic (exact) mass is 386 g/mol. The number of fused-ring (bicyclic) bond motifs is 1. The Hall–Kier alpha value is -2.91. The number of carbonyl (C=O) groups excluding carboxylic acids is 1. The molecule has 0 unspecified atom stereocenters. The first kappa shape index (κ1) is 16.6. The van der Waals surface area contributed by atoms with Crippen LogP contribution in [0.3, 0.4) is 0 Å². The Balaban J connectivity index is 1.70. The first-order valence-corrected chi connectivity index (χ1v) is 9.29. The molecule has 1 aromatic carbocycles. The number of benzene rings is 1. The summed E-state index contributed by atoms with van der Waals surface area (Å²) in [5, 5.41) is 7.09. The number of halogens is 1. The zero-order valence-corrected chi connectivity index (χ0v) is 14.8. The maximum Gasteiger partial charge on any atom is 0.263 e. The van der Waals surface area contributed by atoms with Crippen LogP contribution in [0, 0.1) is 5.82 Å². The lowest BCUT2D eigenvalue weighted by Gasteiger charge is -2.06. The van der Waals surface area contributed by atoms with E-state index in [0.717, 1.165) is 5.56 Å². The van der Waals surface area contributed by atoms with Crippen LogP contribution in [0.15, 0.2) is 52.3 Å². The van der Waals surface area contributed by atoms with E-state index in [1.165, 1.54) is 45.7 Å². The zero-order chi connectivity index (χ0) is 18.1. The van der Waals surface area contributed by atoms with Gasteiger partial charge in [-0.3, -0.25) is 14.2 Å². The van der Waals surface area contributed by atoms with Gasteiger partial charge in [0.2, 0.25) is 5.91 Å². The molecular weight excluding hydrogens is 375 g/mol. The summed E-state index contributed by atoms with van der Waals surface area (Å²) in [6.07, 6.45) is 2.94. The molecule has 6 nitrogen and oxygen atoms in total. The molecular formula is C17H11FN4O2S2. The summed E-state index contributed by atoms with van der Waals surface area (Å²) in [6, 6.07) is 5.91. The topological polar surface area (TPSA) is 76.9 Å². The zero-order valence-electron chi connectivity index (χ0n) is 13.2. The Morgan fingerprint density at radius 3 is 2.73 bits per heavy atom. The van der Waals surface area contributed by atoms with Crippen molar-refractivity contribution in [3.63, 3.8) is 0 Å². The van der Waals surface area contributed by atoms with Crippen LogP contribution in [-0.4, -0.2) is 20.4 Å². The predicted molar refractivity (Wildman–Crippen MR) is 100 cm³/mol. The summed E-state index contributed by atoms with van der Waals surface area (Å²) < 4.78 is 14.4. The van der Waals surface area contributed by atoms with E-state index in [9.17, 15) is 14.0 Å². The van der Waals surface area contributed by atoms with Crippen LogP contribution < -0.4 is 10.9 Å². The molecule has 0 bridgehead atoms. The van der Waals surface area contributed by atoms with Crippen molar-refractivity contribution in [2.45, 2.75) is 6.54 Å². The van der Waals surface area contributed by atoms with Gasteiger partial charge in [-0.2, -0.15) is 0 Å². The number of anilines is 1. The van der Waals surface area contributed by atoms with Crippen molar-refractivity contribution < 1.29 is 9.18 Å². The molecule has 3 heterocycles. The standard InChI is InChI=1S/C17H11FN4O2S2/c18-11-3-1-10(2-4-11)12-8-26-15-14(12)16(24)22(9-20-15)7-13(23)21-17-19-5-6-25-17/h1-6,8-9H,7H2,(H,19,21,23). The molecule has 0 atom stereocenters. The maximum atomic E-state index is 13.2. The van der Waals surface area contributed by atoms with E-state index < -0.39 is 0 Å². The molecule has 9 heteroatoms. The lowest BCUT2D eigenvalue weighted by atomic mass is 10.1. The average molecular weight is 386 g/mol. The van der Waals surface area contributed by atoms with Gasteiger partial charge in [0.05, 0.1) is 11.7 Å². The number of nitrogens with one attached hydrogen (secondary N) is 1. The SMILES string of the molecule is O=C(Cn1cnc2scc(-c3ccc(F)cc3)c2c1=O)Nc1nccs1.